The maximum atomic E-state index is 13.6. The Morgan fingerprint density at radius 1 is 0.898 bits per heavy atom. The number of ether oxygens (including phenoxy) is 2. The summed E-state index contributed by atoms with van der Waals surface area (Å²) in [7, 11) is 3.60. The van der Waals surface area contributed by atoms with Gasteiger partial charge < -0.3 is 23.8 Å². The number of aryl methyl sites for hydroxylation is 2. The number of anilines is 1. The molecule has 3 heterocycles. The van der Waals surface area contributed by atoms with Crippen molar-refractivity contribution in [2.24, 2.45) is 7.05 Å². The molecule has 2 amide bonds. The highest BCUT2D eigenvalue weighted by Crippen LogP contribution is 2.31. The van der Waals surface area contributed by atoms with Crippen LogP contribution in [0.5, 0.6) is 17.4 Å². The number of pyridine rings is 1. The summed E-state index contributed by atoms with van der Waals surface area (Å²) in [6.07, 6.45) is 1.61. The van der Waals surface area contributed by atoms with Crippen LogP contribution in [0.4, 0.5) is 5.69 Å². The third-order valence-corrected chi connectivity index (χ3v) is 9.39. The van der Waals surface area contributed by atoms with Crippen molar-refractivity contribution < 1.29 is 19.1 Å². The van der Waals surface area contributed by atoms with Crippen molar-refractivity contribution in [3.05, 3.63) is 111 Å². The highest BCUT2D eigenvalue weighted by molar-refractivity contribution is 8.93. The molecule has 1 aliphatic heterocycles. The van der Waals surface area contributed by atoms with E-state index in [1.54, 1.807) is 37.5 Å². The van der Waals surface area contributed by atoms with Crippen molar-refractivity contribution in [3.8, 4) is 17.4 Å². The first-order valence-corrected chi connectivity index (χ1v) is 16.6. The van der Waals surface area contributed by atoms with E-state index in [0.717, 1.165) is 41.9 Å². The second-order valence-electron chi connectivity index (χ2n) is 11.9. The number of rotatable bonds is 9. The summed E-state index contributed by atoms with van der Waals surface area (Å²) in [6.45, 7) is 8.32. The molecule has 2 aromatic heterocycles. The zero-order valence-electron chi connectivity index (χ0n) is 27.8. The van der Waals surface area contributed by atoms with E-state index in [0.29, 0.717) is 58.3 Å². The van der Waals surface area contributed by atoms with Crippen molar-refractivity contribution in [3.63, 3.8) is 0 Å². The maximum Gasteiger partial charge on any atom is 0.270 e. The van der Waals surface area contributed by atoms with Gasteiger partial charge in [-0.2, -0.15) is 0 Å². The standard InChI is InChI=1S/C37H37Cl2N5O4.BrH/c1-5-47-28-9-6-25(7-10-28)23-43-14-16-44(17-15-43)37(46)33-21-27-19-29(11-13-32(27)41(33)3)48-35-18-24(2)34(22-40-35)42(4)36(45)26-8-12-30(38)31(39)20-26;/h6-13,18-22H,5,14-17,23H2,1-4H3;1H. The Bertz CT molecular complexity index is 1980. The van der Waals surface area contributed by atoms with Gasteiger partial charge in [-0.1, -0.05) is 35.3 Å². The molecule has 6 rings (SSSR count). The third-order valence-electron chi connectivity index (χ3n) is 8.65. The minimum atomic E-state index is -0.238. The predicted octanol–water partition coefficient (Wildman–Crippen LogP) is 8.19. The first kappa shape index (κ1) is 36.2. The maximum absolute atomic E-state index is 13.6. The molecule has 1 saturated heterocycles. The second-order valence-corrected chi connectivity index (χ2v) is 12.7. The number of piperazine rings is 1. The van der Waals surface area contributed by atoms with Crippen LogP contribution in [-0.2, 0) is 13.6 Å². The fourth-order valence-corrected chi connectivity index (χ4v) is 6.26. The van der Waals surface area contributed by atoms with E-state index in [2.05, 4.69) is 22.0 Å². The molecule has 0 aliphatic carbocycles. The summed E-state index contributed by atoms with van der Waals surface area (Å²) in [5.74, 6) is 1.64. The van der Waals surface area contributed by atoms with E-state index in [4.69, 9.17) is 32.7 Å². The molecule has 256 valence electrons. The van der Waals surface area contributed by atoms with Crippen LogP contribution in [0.25, 0.3) is 10.9 Å². The van der Waals surface area contributed by atoms with Gasteiger partial charge in [-0.05, 0) is 79.6 Å². The molecule has 0 radical (unpaired) electrons. The van der Waals surface area contributed by atoms with Crippen molar-refractivity contribution in [2.45, 2.75) is 20.4 Å². The van der Waals surface area contributed by atoms with Crippen molar-refractivity contribution in [1.82, 2.24) is 19.4 Å². The SMILES string of the molecule is Br.CCOc1ccc(CN2CCN(C(=O)c3cc4cc(Oc5cc(C)c(N(C)C(=O)c6ccc(Cl)c(Cl)c6)cn5)ccc4n3C)CC2)cc1. The number of carbonyl (C=O) groups excluding carboxylic acids is 2. The predicted molar refractivity (Wildman–Crippen MR) is 200 cm³/mol. The summed E-state index contributed by atoms with van der Waals surface area (Å²) >= 11 is 12.1. The second kappa shape index (κ2) is 15.6. The van der Waals surface area contributed by atoms with Crippen LogP contribution >= 0.6 is 40.2 Å². The van der Waals surface area contributed by atoms with Gasteiger partial charge in [-0.3, -0.25) is 14.5 Å². The number of fused-ring (bicyclic) bond motifs is 1. The van der Waals surface area contributed by atoms with Gasteiger partial charge in [0.15, 0.2) is 0 Å². The zero-order valence-corrected chi connectivity index (χ0v) is 31.0. The molecule has 3 aromatic carbocycles. The molecular weight excluding hydrogens is 729 g/mol. The molecule has 0 bridgehead atoms. The fraction of sp³-hybridized carbons (Fsp3) is 0.270. The number of nitrogens with zero attached hydrogens (tertiary/aromatic N) is 5. The lowest BCUT2D eigenvalue weighted by molar-refractivity contribution is 0.0619. The molecule has 0 atom stereocenters. The number of benzene rings is 3. The molecule has 1 fully saturated rings. The molecule has 0 unspecified atom stereocenters. The van der Waals surface area contributed by atoms with E-state index in [1.807, 2.05) is 66.8 Å². The van der Waals surface area contributed by atoms with Crippen molar-refractivity contribution in [1.29, 1.82) is 0 Å². The Morgan fingerprint density at radius 2 is 1.61 bits per heavy atom. The van der Waals surface area contributed by atoms with Crippen LogP contribution in [-0.4, -0.2) is 71.0 Å². The van der Waals surface area contributed by atoms with Crippen LogP contribution in [0.2, 0.25) is 10.0 Å². The molecule has 1 aliphatic rings. The van der Waals surface area contributed by atoms with Gasteiger partial charge in [0.25, 0.3) is 11.8 Å². The average Bonchev–Trinajstić information content (AvgIpc) is 3.41. The van der Waals surface area contributed by atoms with Crippen LogP contribution < -0.4 is 14.4 Å². The Hall–Kier alpha value is -4.09. The largest absolute Gasteiger partial charge is 0.494 e. The topological polar surface area (TPSA) is 80.1 Å². The third kappa shape index (κ3) is 8.05. The van der Waals surface area contributed by atoms with Gasteiger partial charge in [-0.25, -0.2) is 4.98 Å². The molecule has 9 nitrogen and oxygen atoms in total. The van der Waals surface area contributed by atoms with Gasteiger partial charge in [0.05, 0.1) is 28.5 Å². The average molecular weight is 768 g/mol. The van der Waals surface area contributed by atoms with E-state index in [1.165, 1.54) is 10.5 Å². The van der Waals surface area contributed by atoms with Gasteiger partial charge in [-0.15, -0.1) is 17.0 Å². The Kier molecular flexibility index (Phi) is 11.5. The highest BCUT2D eigenvalue weighted by Gasteiger charge is 2.25. The zero-order chi connectivity index (χ0) is 33.9. The quantitative estimate of drug-likeness (QED) is 0.151. The molecule has 0 N–H and O–H groups in total. The number of hydrogen-bond donors (Lipinski definition) is 0. The van der Waals surface area contributed by atoms with Gasteiger partial charge in [0.1, 0.15) is 17.2 Å². The highest BCUT2D eigenvalue weighted by atomic mass is 79.9. The summed E-state index contributed by atoms with van der Waals surface area (Å²) in [4.78, 5) is 37.0. The molecule has 5 aromatic rings. The van der Waals surface area contributed by atoms with Crippen molar-refractivity contribution >= 4 is 68.6 Å². The first-order valence-electron chi connectivity index (χ1n) is 15.8. The summed E-state index contributed by atoms with van der Waals surface area (Å²) in [5, 5.41) is 1.60. The van der Waals surface area contributed by atoms with Gasteiger partial charge in [0, 0.05) is 69.4 Å². The van der Waals surface area contributed by atoms with Crippen LogP contribution in [0, 0.1) is 6.92 Å². The minimum absolute atomic E-state index is 0. The lowest BCUT2D eigenvalue weighted by Gasteiger charge is -2.34. The Morgan fingerprint density at radius 3 is 2.29 bits per heavy atom. The first-order chi connectivity index (χ1) is 23.1. The Balaban J connectivity index is 0.00000468. The van der Waals surface area contributed by atoms with Gasteiger partial charge >= 0.3 is 0 Å². The minimum Gasteiger partial charge on any atom is -0.494 e. The summed E-state index contributed by atoms with van der Waals surface area (Å²) < 4.78 is 13.6. The lowest BCUT2D eigenvalue weighted by Crippen LogP contribution is -2.48. The molecule has 0 saturated carbocycles. The van der Waals surface area contributed by atoms with Crippen LogP contribution in [0.3, 0.4) is 0 Å². The van der Waals surface area contributed by atoms with Crippen LogP contribution in [0.1, 0.15) is 38.9 Å². The molecule has 49 heavy (non-hydrogen) atoms. The summed E-state index contributed by atoms with van der Waals surface area (Å²) in [6, 6.07) is 22.4. The smallest absolute Gasteiger partial charge is 0.270 e. The fourth-order valence-electron chi connectivity index (χ4n) is 5.97. The number of aromatic nitrogens is 2. The van der Waals surface area contributed by atoms with E-state index >= 15 is 0 Å². The molecular formula is C37H38BrCl2N5O4. The van der Waals surface area contributed by atoms with E-state index in [-0.39, 0.29) is 28.8 Å². The Labute approximate surface area is 306 Å². The number of carbonyl (C=O) groups is 2. The van der Waals surface area contributed by atoms with Crippen LogP contribution in [0.15, 0.2) is 79.0 Å². The van der Waals surface area contributed by atoms with Crippen molar-refractivity contribution in [2.75, 3.05) is 44.7 Å². The van der Waals surface area contributed by atoms with Gasteiger partial charge in [0.2, 0.25) is 5.88 Å². The van der Waals surface area contributed by atoms with E-state index in [9.17, 15) is 9.59 Å². The monoisotopic (exact) mass is 765 g/mol. The number of hydrogen-bond acceptors (Lipinski definition) is 6. The normalized spacial score (nSPS) is 13.2. The number of halogens is 3. The summed E-state index contributed by atoms with van der Waals surface area (Å²) in [5.41, 5.74) is 4.66. The lowest BCUT2D eigenvalue weighted by atomic mass is 10.1. The van der Waals surface area contributed by atoms with E-state index < -0.39 is 0 Å². The number of amides is 2. The molecule has 0 spiro atoms. The molecule has 12 heteroatoms.